The molecule has 0 aromatic heterocycles. The van der Waals surface area contributed by atoms with Crippen LogP contribution in [0.2, 0.25) is 10.0 Å². The summed E-state index contributed by atoms with van der Waals surface area (Å²) in [6.07, 6.45) is 0.910. The van der Waals surface area contributed by atoms with Crippen LogP contribution in [0.4, 0.5) is 5.69 Å². The van der Waals surface area contributed by atoms with Crippen molar-refractivity contribution in [3.63, 3.8) is 0 Å². The molecular formula is C35H37Cl2N3O4S. The van der Waals surface area contributed by atoms with Gasteiger partial charge in [-0.15, -0.1) is 0 Å². The van der Waals surface area contributed by atoms with Gasteiger partial charge in [-0.2, -0.15) is 0 Å². The van der Waals surface area contributed by atoms with Crippen LogP contribution < -0.4 is 9.62 Å². The molecule has 0 aliphatic rings. The van der Waals surface area contributed by atoms with Gasteiger partial charge in [0.05, 0.1) is 20.6 Å². The van der Waals surface area contributed by atoms with Gasteiger partial charge in [-0.25, -0.2) is 8.42 Å². The smallest absolute Gasteiger partial charge is 0.264 e. The fourth-order valence-electron chi connectivity index (χ4n) is 4.86. The van der Waals surface area contributed by atoms with Gasteiger partial charge in [0, 0.05) is 19.0 Å². The maximum absolute atomic E-state index is 14.5. The highest BCUT2D eigenvalue weighted by Crippen LogP contribution is 2.27. The van der Waals surface area contributed by atoms with E-state index in [1.54, 1.807) is 54.6 Å². The normalized spacial score (nSPS) is 12.6. The number of benzene rings is 4. The Morgan fingerprint density at radius 3 is 2.11 bits per heavy atom. The molecule has 0 fully saturated rings. The first-order valence-electron chi connectivity index (χ1n) is 14.7. The minimum Gasteiger partial charge on any atom is -0.352 e. The zero-order valence-corrected chi connectivity index (χ0v) is 27.8. The van der Waals surface area contributed by atoms with Gasteiger partial charge >= 0.3 is 0 Å². The van der Waals surface area contributed by atoms with E-state index < -0.39 is 28.5 Å². The molecule has 1 N–H and O–H groups in total. The fourth-order valence-corrected chi connectivity index (χ4v) is 6.61. The average Bonchev–Trinajstić information content (AvgIpc) is 3.03. The summed E-state index contributed by atoms with van der Waals surface area (Å²) in [6, 6.07) is 28.3. The lowest BCUT2D eigenvalue weighted by Gasteiger charge is -2.34. The van der Waals surface area contributed by atoms with E-state index >= 15 is 0 Å². The maximum atomic E-state index is 14.5. The Hall–Kier alpha value is -3.85. The summed E-state index contributed by atoms with van der Waals surface area (Å²) in [5.74, 6) is -0.892. The maximum Gasteiger partial charge on any atom is 0.264 e. The van der Waals surface area contributed by atoms with Crippen LogP contribution in [0.15, 0.2) is 108 Å². The van der Waals surface area contributed by atoms with Crippen molar-refractivity contribution in [2.75, 3.05) is 10.8 Å². The molecule has 236 valence electrons. The van der Waals surface area contributed by atoms with Gasteiger partial charge in [0.15, 0.2) is 0 Å². The first-order chi connectivity index (χ1) is 21.5. The van der Waals surface area contributed by atoms with Crippen molar-refractivity contribution in [2.24, 2.45) is 0 Å². The number of hydrogen-bond acceptors (Lipinski definition) is 4. The molecule has 0 saturated heterocycles. The Morgan fingerprint density at radius 1 is 0.822 bits per heavy atom. The third-order valence-corrected chi connectivity index (χ3v) is 10.0. The second-order valence-electron chi connectivity index (χ2n) is 11.0. The number of aryl methyl sites for hydroxylation is 1. The van der Waals surface area contributed by atoms with Crippen LogP contribution in [0.3, 0.4) is 0 Å². The van der Waals surface area contributed by atoms with Crippen molar-refractivity contribution in [3.05, 3.63) is 130 Å². The molecule has 0 bridgehead atoms. The number of hydrogen-bond donors (Lipinski definition) is 1. The minimum absolute atomic E-state index is 0.00576. The van der Waals surface area contributed by atoms with Crippen molar-refractivity contribution in [3.8, 4) is 0 Å². The quantitative estimate of drug-likeness (QED) is 0.166. The second kappa shape index (κ2) is 15.4. The predicted molar refractivity (Wildman–Crippen MR) is 181 cm³/mol. The zero-order valence-electron chi connectivity index (χ0n) is 25.5. The van der Waals surface area contributed by atoms with E-state index in [0.717, 1.165) is 15.4 Å². The average molecular weight is 667 g/mol. The van der Waals surface area contributed by atoms with Crippen molar-refractivity contribution in [1.82, 2.24) is 10.2 Å². The summed E-state index contributed by atoms with van der Waals surface area (Å²) in [7, 11) is -4.17. The van der Waals surface area contributed by atoms with Crippen molar-refractivity contribution < 1.29 is 18.0 Å². The van der Waals surface area contributed by atoms with Crippen LogP contribution in [0.25, 0.3) is 0 Å². The Labute approximate surface area is 275 Å². The number of anilines is 1. The Morgan fingerprint density at radius 2 is 1.49 bits per heavy atom. The Balaban J connectivity index is 1.82. The van der Waals surface area contributed by atoms with Gasteiger partial charge in [-0.1, -0.05) is 96.9 Å². The molecule has 0 unspecified atom stereocenters. The highest BCUT2D eigenvalue weighted by atomic mass is 35.5. The molecule has 0 saturated carbocycles. The molecule has 45 heavy (non-hydrogen) atoms. The van der Waals surface area contributed by atoms with Crippen LogP contribution in [0.1, 0.15) is 37.0 Å². The van der Waals surface area contributed by atoms with E-state index in [2.05, 4.69) is 5.32 Å². The third kappa shape index (κ3) is 8.87. The summed E-state index contributed by atoms with van der Waals surface area (Å²) in [4.78, 5) is 29.9. The molecule has 2 atom stereocenters. The van der Waals surface area contributed by atoms with Gasteiger partial charge in [-0.3, -0.25) is 13.9 Å². The lowest BCUT2D eigenvalue weighted by Crippen LogP contribution is -2.54. The number of nitrogens with zero attached hydrogens (tertiary/aromatic N) is 2. The number of halogens is 2. The van der Waals surface area contributed by atoms with E-state index in [4.69, 9.17) is 23.2 Å². The number of carbonyl (C=O) groups is 2. The molecule has 0 spiro atoms. The lowest BCUT2D eigenvalue weighted by molar-refractivity contribution is -0.140. The van der Waals surface area contributed by atoms with Crippen LogP contribution in [-0.2, 0) is 32.6 Å². The number of sulfonamides is 1. The molecule has 4 aromatic carbocycles. The van der Waals surface area contributed by atoms with E-state index in [-0.39, 0.29) is 29.8 Å². The standard InChI is InChI=1S/C35H37Cl2N3O4S/c1-4-26(3)38-35(42)33(22-27-13-7-5-8-14-27)39(23-28-18-19-31(36)32(37)21-28)34(41)24-40(29-15-11-12-25(2)20-29)45(43,44)30-16-9-6-10-17-30/h5-21,26,33H,4,22-24H2,1-3H3,(H,38,42)/t26-,33+/m0/s1. The number of rotatable bonds is 13. The summed E-state index contributed by atoms with van der Waals surface area (Å²) >= 11 is 12.5. The Bertz CT molecular complexity index is 1720. The van der Waals surface area contributed by atoms with Gasteiger partial charge in [0.25, 0.3) is 10.0 Å². The van der Waals surface area contributed by atoms with Crippen molar-refractivity contribution in [1.29, 1.82) is 0 Å². The molecule has 0 aliphatic carbocycles. The van der Waals surface area contributed by atoms with Crippen LogP contribution in [0.5, 0.6) is 0 Å². The van der Waals surface area contributed by atoms with E-state index in [1.165, 1.54) is 17.0 Å². The highest BCUT2D eigenvalue weighted by molar-refractivity contribution is 7.92. The van der Waals surface area contributed by atoms with Gasteiger partial charge < -0.3 is 10.2 Å². The summed E-state index contributed by atoms with van der Waals surface area (Å²) in [5.41, 5.74) is 2.66. The third-order valence-electron chi connectivity index (χ3n) is 7.51. The summed E-state index contributed by atoms with van der Waals surface area (Å²) < 4.78 is 29.2. The summed E-state index contributed by atoms with van der Waals surface area (Å²) in [5, 5.41) is 3.69. The molecule has 7 nitrogen and oxygen atoms in total. The second-order valence-corrected chi connectivity index (χ2v) is 13.6. The Kier molecular flexibility index (Phi) is 11.7. The predicted octanol–water partition coefficient (Wildman–Crippen LogP) is 7.05. The molecular weight excluding hydrogens is 629 g/mol. The molecule has 0 radical (unpaired) electrons. The molecule has 0 heterocycles. The van der Waals surface area contributed by atoms with E-state index in [0.29, 0.717) is 27.7 Å². The number of nitrogens with one attached hydrogen (secondary N) is 1. The van der Waals surface area contributed by atoms with Crippen molar-refractivity contribution in [2.45, 2.75) is 57.1 Å². The van der Waals surface area contributed by atoms with Gasteiger partial charge in [-0.05, 0) is 73.4 Å². The lowest BCUT2D eigenvalue weighted by atomic mass is 10.0. The molecule has 10 heteroatoms. The SMILES string of the molecule is CC[C@H](C)NC(=O)[C@@H](Cc1ccccc1)N(Cc1ccc(Cl)c(Cl)c1)C(=O)CN(c1cccc(C)c1)S(=O)(=O)c1ccccc1. The fraction of sp³-hybridized carbons (Fsp3) is 0.257. The van der Waals surface area contributed by atoms with Crippen molar-refractivity contribution >= 4 is 50.7 Å². The molecule has 4 aromatic rings. The van der Waals surface area contributed by atoms with Crippen LogP contribution >= 0.6 is 23.2 Å². The summed E-state index contributed by atoms with van der Waals surface area (Å²) in [6.45, 7) is 5.17. The van der Waals surface area contributed by atoms with Gasteiger partial charge in [0.1, 0.15) is 12.6 Å². The molecule has 4 rings (SSSR count). The van der Waals surface area contributed by atoms with E-state index in [1.807, 2.05) is 57.2 Å². The highest BCUT2D eigenvalue weighted by Gasteiger charge is 2.35. The van der Waals surface area contributed by atoms with Crippen LogP contribution in [-0.4, -0.2) is 43.8 Å². The first-order valence-corrected chi connectivity index (χ1v) is 16.9. The zero-order chi connectivity index (χ0) is 32.6. The topological polar surface area (TPSA) is 86.8 Å². The monoisotopic (exact) mass is 665 g/mol. The first kappa shape index (κ1) is 34.0. The number of carbonyl (C=O) groups excluding carboxylic acids is 2. The minimum atomic E-state index is -4.17. The van der Waals surface area contributed by atoms with E-state index in [9.17, 15) is 18.0 Å². The number of amides is 2. The largest absolute Gasteiger partial charge is 0.352 e. The molecule has 2 amide bonds. The molecule has 0 aliphatic heterocycles. The van der Waals surface area contributed by atoms with Gasteiger partial charge in [0.2, 0.25) is 11.8 Å². The van der Waals surface area contributed by atoms with Crippen LogP contribution in [0, 0.1) is 6.92 Å².